The van der Waals surface area contributed by atoms with Crippen molar-refractivity contribution in [1.82, 2.24) is 5.32 Å². The van der Waals surface area contributed by atoms with E-state index in [2.05, 4.69) is 4.74 Å². The van der Waals surface area contributed by atoms with Gasteiger partial charge in [-0.1, -0.05) is 12.1 Å². The van der Waals surface area contributed by atoms with E-state index >= 15 is 0 Å². The molecule has 0 aromatic heterocycles. The summed E-state index contributed by atoms with van der Waals surface area (Å²) in [6.07, 6.45) is 0. The normalized spacial score (nSPS) is 8.50. The number of carbonyl (C=O) groups is 1. The Bertz CT molecular complexity index is 435. The summed E-state index contributed by atoms with van der Waals surface area (Å²) >= 11 is 0. The molecule has 0 saturated carbocycles. The number of hydrogen-bond acceptors (Lipinski definition) is 5. The number of nitrogens with two attached hydrogens (primary N) is 2. The van der Waals surface area contributed by atoms with E-state index in [0.717, 1.165) is 0 Å². The van der Waals surface area contributed by atoms with Crippen molar-refractivity contribution in [2.75, 3.05) is 7.11 Å². The lowest BCUT2D eigenvalue weighted by molar-refractivity contribution is 0.0597. The lowest BCUT2D eigenvalue weighted by Gasteiger charge is -1.99. The minimum absolute atomic E-state index is 0.0562. The average molecular weight is 253 g/mol. The molecule has 1 aromatic rings. The summed E-state index contributed by atoms with van der Waals surface area (Å²) in [5.74, 6) is -1.21. The standard InChI is InChI=1S/C8H8O3.C2H7N5/c1-11-8(10)6-4-2-3-5-7(6)9;3-1(4)7-2(5)6/h2-5,9H,1H3;(H7,3,4,5,6,7). The maximum Gasteiger partial charge on any atom is 0.341 e. The number of methoxy groups -OCH3 is 1. The molecule has 0 radical (unpaired) electrons. The molecule has 0 unspecified atom stereocenters. The Labute approximate surface area is 104 Å². The van der Waals surface area contributed by atoms with Crippen LogP contribution >= 0.6 is 0 Å². The van der Waals surface area contributed by atoms with Gasteiger partial charge in [0, 0.05) is 0 Å². The number of carbonyl (C=O) groups excluding carboxylic acids is 1. The summed E-state index contributed by atoms with van der Waals surface area (Å²) in [6.45, 7) is 0. The lowest BCUT2D eigenvalue weighted by Crippen LogP contribution is -2.39. The van der Waals surface area contributed by atoms with E-state index in [9.17, 15) is 4.79 Å². The summed E-state index contributed by atoms with van der Waals surface area (Å²) in [5.41, 5.74) is 9.68. The molecule has 0 bridgehead atoms. The van der Waals surface area contributed by atoms with Gasteiger partial charge in [0.15, 0.2) is 11.9 Å². The monoisotopic (exact) mass is 253 g/mol. The number of guanidine groups is 2. The van der Waals surface area contributed by atoms with E-state index in [1.165, 1.54) is 19.2 Å². The maximum absolute atomic E-state index is 10.9. The van der Waals surface area contributed by atoms with E-state index < -0.39 is 5.97 Å². The van der Waals surface area contributed by atoms with Crippen molar-refractivity contribution in [2.45, 2.75) is 0 Å². The number of rotatable bonds is 1. The Morgan fingerprint density at radius 2 is 1.78 bits per heavy atom. The van der Waals surface area contributed by atoms with Crippen LogP contribution < -0.4 is 16.8 Å². The molecule has 1 rings (SSSR count). The van der Waals surface area contributed by atoms with Crippen molar-refractivity contribution in [3.05, 3.63) is 29.8 Å². The highest BCUT2D eigenvalue weighted by Gasteiger charge is 2.08. The van der Waals surface area contributed by atoms with Gasteiger partial charge < -0.3 is 21.3 Å². The molecular weight excluding hydrogens is 238 g/mol. The summed E-state index contributed by atoms with van der Waals surface area (Å²) in [7, 11) is 1.27. The fourth-order valence-electron chi connectivity index (χ4n) is 0.901. The molecule has 98 valence electrons. The first-order valence-corrected chi connectivity index (χ1v) is 4.69. The molecule has 1 aromatic carbocycles. The Morgan fingerprint density at radius 1 is 1.28 bits per heavy atom. The second-order valence-corrected chi connectivity index (χ2v) is 2.96. The summed E-state index contributed by atoms with van der Waals surface area (Å²) in [5, 5.41) is 24.1. The highest BCUT2D eigenvalue weighted by atomic mass is 16.5. The molecule has 0 aliphatic carbocycles. The van der Waals surface area contributed by atoms with Gasteiger partial charge in [-0.2, -0.15) is 0 Å². The molecule has 0 amide bonds. The van der Waals surface area contributed by atoms with Crippen LogP contribution in [0, 0.1) is 10.8 Å². The fourth-order valence-corrected chi connectivity index (χ4v) is 0.901. The third-order valence-corrected chi connectivity index (χ3v) is 1.58. The SMILES string of the molecule is COC(=O)c1ccccc1O.N=C(N)NC(=N)N. The number of phenolic OH excluding ortho intramolecular Hbond substituents is 1. The summed E-state index contributed by atoms with van der Waals surface area (Å²) in [4.78, 5) is 10.9. The quantitative estimate of drug-likeness (QED) is 0.226. The first-order chi connectivity index (χ1) is 8.38. The van der Waals surface area contributed by atoms with Gasteiger partial charge in [-0.3, -0.25) is 16.1 Å². The van der Waals surface area contributed by atoms with Gasteiger partial charge in [-0.05, 0) is 12.1 Å². The van der Waals surface area contributed by atoms with Gasteiger partial charge in [0.25, 0.3) is 0 Å². The minimum atomic E-state index is -0.525. The highest BCUT2D eigenvalue weighted by Crippen LogP contribution is 2.15. The van der Waals surface area contributed by atoms with Crippen molar-refractivity contribution in [1.29, 1.82) is 10.8 Å². The number of phenols is 1. The number of hydrogen-bond donors (Lipinski definition) is 6. The first kappa shape index (κ1) is 15.2. The summed E-state index contributed by atoms with van der Waals surface area (Å²) in [6, 6.07) is 6.24. The number of para-hydroxylation sites is 1. The van der Waals surface area contributed by atoms with Crippen LogP contribution in [-0.2, 0) is 4.74 Å². The predicted octanol–water partition coefficient (Wildman–Crippen LogP) is -0.458. The Balaban J connectivity index is 0.000000360. The third kappa shape index (κ3) is 5.95. The molecule has 0 saturated heterocycles. The van der Waals surface area contributed by atoms with E-state index in [1.807, 2.05) is 5.32 Å². The smallest absolute Gasteiger partial charge is 0.341 e. The largest absolute Gasteiger partial charge is 0.507 e. The zero-order valence-electron chi connectivity index (χ0n) is 9.73. The number of ether oxygens (including phenoxy) is 1. The zero-order chi connectivity index (χ0) is 14.1. The topological polar surface area (TPSA) is 158 Å². The number of nitrogens with one attached hydrogen (secondary N) is 3. The van der Waals surface area contributed by atoms with Gasteiger partial charge in [-0.25, -0.2) is 4.79 Å². The van der Waals surface area contributed by atoms with Crippen LogP contribution in [0.4, 0.5) is 0 Å². The molecule has 0 aliphatic rings. The molecular formula is C10H15N5O3. The van der Waals surface area contributed by atoms with Crippen molar-refractivity contribution in [3.8, 4) is 5.75 Å². The third-order valence-electron chi connectivity index (χ3n) is 1.58. The molecule has 0 spiro atoms. The minimum Gasteiger partial charge on any atom is -0.507 e. The molecule has 0 fully saturated rings. The van der Waals surface area contributed by atoms with Crippen LogP contribution in [0.2, 0.25) is 0 Å². The first-order valence-electron chi connectivity index (χ1n) is 4.69. The Kier molecular flexibility index (Phi) is 6.34. The van der Waals surface area contributed by atoms with Crippen molar-refractivity contribution in [2.24, 2.45) is 11.5 Å². The van der Waals surface area contributed by atoms with Crippen LogP contribution in [0.15, 0.2) is 24.3 Å². The van der Waals surface area contributed by atoms with Crippen LogP contribution in [-0.4, -0.2) is 30.1 Å². The summed E-state index contributed by atoms with van der Waals surface area (Å²) < 4.78 is 4.42. The van der Waals surface area contributed by atoms with Crippen molar-refractivity contribution in [3.63, 3.8) is 0 Å². The Morgan fingerprint density at radius 3 is 2.11 bits per heavy atom. The molecule has 8 N–H and O–H groups in total. The molecule has 0 heterocycles. The maximum atomic E-state index is 10.9. The second kappa shape index (κ2) is 7.49. The van der Waals surface area contributed by atoms with Gasteiger partial charge in [0.1, 0.15) is 11.3 Å². The second-order valence-electron chi connectivity index (χ2n) is 2.96. The molecule has 18 heavy (non-hydrogen) atoms. The van der Waals surface area contributed by atoms with Gasteiger partial charge in [0.05, 0.1) is 7.11 Å². The molecule has 0 atom stereocenters. The number of esters is 1. The van der Waals surface area contributed by atoms with Crippen LogP contribution in [0.5, 0.6) is 5.75 Å². The molecule has 8 heteroatoms. The van der Waals surface area contributed by atoms with E-state index in [4.69, 9.17) is 27.4 Å². The van der Waals surface area contributed by atoms with Crippen LogP contribution in [0.1, 0.15) is 10.4 Å². The van der Waals surface area contributed by atoms with Crippen LogP contribution in [0.25, 0.3) is 0 Å². The predicted molar refractivity (Wildman–Crippen MR) is 66.4 cm³/mol. The Hall–Kier alpha value is -2.77. The van der Waals surface area contributed by atoms with E-state index in [0.29, 0.717) is 0 Å². The van der Waals surface area contributed by atoms with Gasteiger partial charge in [0.2, 0.25) is 0 Å². The van der Waals surface area contributed by atoms with E-state index in [1.54, 1.807) is 12.1 Å². The van der Waals surface area contributed by atoms with Gasteiger partial charge >= 0.3 is 5.97 Å². The van der Waals surface area contributed by atoms with E-state index in [-0.39, 0.29) is 23.2 Å². The highest BCUT2D eigenvalue weighted by molar-refractivity contribution is 5.93. The fraction of sp³-hybridized carbons (Fsp3) is 0.100. The molecule has 8 nitrogen and oxygen atoms in total. The van der Waals surface area contributed by atoms with Gasteiger partial charge in [-0.15, -0.1) is 0 Å². The van der Waals surface area contributed by atoms with Crippen LogP contribution in [0.3, 0.4) is 0 Å². The zero-order valence-corrected chi connectivity index (χ0v) is 9.73. The molecule has 0 aliphatic heterocycles. The lowest BCUT2D eigenvalue weighted by atomic mass is 10.2. The van der Waals surface area contributed by atoms with Crippen molar-refractivity contribution >= 4 is 17.9 Å². The average Bonchev–Trinajstić information content (AvgIpc) is 2.27. The number of aromatic hydroxyl groups is 1. The number of benzene rings is 1. The van der Waals surface area contributed by atoms with Crippen molar-refractivity contribution < 1.29 is 14.6 Å².